The van der Waals surface area contributed by atoms with Gasteiger partial charge in [-0.1, -0.05) is 19.9 Å². The zero-order valence-corrected chi connectivity index (χ0v) is 11.4. The van der Waals surface area contributed by atoms with Crippen molar-refractivity contribution in [1.29, 1.82) is 0 Å². The van der Waals surface area contributed by atoms with Crippen LogP contribution in [0.1, 0.15) is 43.4 Å². The van der Waals surface area contributed by atoms with E-state index in [0.717, 1.165) is 42.5 Å². The molecule has 0 heterocycles. The Hall–Kier alpha value is -0.890. The average Bonchev–Trinajstić information content (AvgIpc) is 2.26. The Morgan fingerprint density at radius 1 is 1.24 bits per heavy atom. The summed E-state index contributed by atoms with van der Waals surface area (Å²) in [5.74, 6) is -0.0474. The molecule has 0 radical (unpaired) electrons. The number of rotatable bonds is 6. The highest BCUT2D eigenvalue weighted by Crippen LogP contribution is 2.18. The molecule has 0 aromatic heterocycles. The van der Waals surface area contributed by atoms with E-state index in [1.165, 1.54) is 0 Å². The fourth-order valence-corrected chi connectivity index (χ4v) is 2.32. The Kier molecular flexibility index (Phi) is 5.63. The van der Waals surface area contributed by atoms with Gasteiger partial charge >= 0.3 is 0 Å². The molecule has 1 unspecified atom stereocenters. The van der Waals surface area contributed by atoms with E-state index in [0.29, 0.717) is 6.04 Å². The van der Waals surface area contributed by atoms with Crippen LogP contribution in [-0.4, -0.2) is 12.6 Å². The second-order valence-electron chi connectivity index (χ2n) is 4.74. The average molecular weight is 237 g/mol. The highest BCUT2D eigenvalue weighted by Gasteiger charge is 2.10. The Balaban J connectivity index is 2.68. The van der Waals surface area contributed by atoms with E-state index in [1.54, 1.807) is 6.07 Å². The van der Waals surface area contributed by atoms with Gasteiger partial charge < -0.3 is 5.32 Å². The first-order valence-corrected chi connectivity index (χ1v) is 6.57. The van der Waals surface area contributed by atoms with Gasteiger partial charge in [0.25, 0.3) is 0 Å². The van der Waals surface area contributed by atoms with E-state index in [1.807, 2.05) is 13.8 Å². The molecule has 2 heteroatoms. The minimum Gasteiger partial charge on any atom is -0.314 e. The van der Waals surface area contributed by atoms with Crippen LogP contribution in [0.4, 0.5) is 4.39 Å². The van der Waals surface area contributed by atoms with Gasteiger partial charge in [0, 0.05) is 6.04 Å². The SMILES string of the molecule is CCNC(CC)CCc1c(C)cc(C)cc1F. The first-order chi connectivity index (χ1) is 8.08. The van der Waals surface area contributed by atoms with Crippen LogP contribution in [0.2, 0.25) is 0 Å². The van der Waals surface area contributed by atoms with Crippen molar-refractivity contribution in [2.24, 2.45) is 0 Å². The Bertz CT molecular complexity index is 337. The van der Waals surface area contributed by atoms with Crippen molar-refractivity contribution in [3.05, 3.63) is 34.6 Å². The number of aryl methyl sites for hydroxylation is 2. The zero-order chi connectivity index (χ0) is 12.8. The Morgan fingerprint density at radius 2 is 1.94 bits per heavy atom. The lowest BCUT2D eigenvalue weighted by atomic mass is 9.98. The van der Waals surface area contributed by atoms with Gasteiger partial charge in [-0.25, -0.2) is 4.39 Å². The van der Waals surface area contributed by atoms with Gasteiger partial charge in [0.1, 0.15) is 5.82 Å². The molecule has 1 N–H and O–H groups in total. The summed E-state index contributed by atoms with van der Waals surface area (Å²) >= 11 is 0. The van der Waals surface area contributed by atoms with Crippen molar-refractivity contribution in [3.8, 4) is 0 Å². The third-order valence-corrected chi connectivity index (χ3v) is 3.29. The summed E-state index contributed by atoms with van der Waals surface area (Å²) in [5, 5.41) is 3.43. The summed E-state index contributed by atoms with van der Waals surface area (Å²) in [7, 11) is 0. The van der Waals surface area contributed by atoms with Crippen molar-refractivity contribution in [2.75, 3.05) is 6.54 Å². The van der Waals surface area contributed by atoms with Gasteiger partial charge in [0.2, 0.25) is 0 Å². The van der Waals surface area contributed by atoms with Crippen molar-refractivity contribution in [1.82, 2.24) is 5.32 Å². The molecule has 1 aromatic rings. The Morgan fingerprint density at radius 3 is 2.47 bits per heavy atom. The summed E-state index contributed by atoms with van der Waals surface area (Å²) in [6, 6.07) is 4.20. The third kappa shape index (κ3) is 4.12. The molecule has 1 nitrogen and oxygen atoms in total. The molecule has 0 bridgehead atoms. The van der Waals surface area contributed by atoms with Crippen molar-refractivity contribution in [2.45, 2.75) is 53.0 Å². The highest BCUT2D eigenvalue weighted by atomic mass is 19.1. The quantitative estimate of drug-likeness (QED) is 0.794. The van der Waals surface area contributed by atoms with Crippen LogP contribution in [0, 0.1) is 19.7 Å². The fraction of sp³-hybridized carbons (Fsp3) is 0.600. The van der Waals surface area contributed by atoms with Gasteiger partial charge in [-0.05, 0) is 62.4 Å². The Labute approximate surface area is 104 Å². The zero-order valence-electron chi connectivity index (χ0n) is 11.4. The van der Waals surface area contributed by atoms with Crippen LogP contribution in [0.3, 0.4) is 0 Å². The maximum atomic E-state index is 13.8. The van der Waals surface area contributed by atoms with Crippen molar-refractivity contribution in [3.63, 3.8) is 0 Å². The standard InChI is InChI=1S/C15H24FN/c1-5-13(17-6-2)7-8-14-12(4)9-11(3)10-15(14)16/h9-10,13,17H,5-8H2,1-4H3. The fourth-order valence-electron chi connectivity index (χ4n) is 2.32. The molecular weight excluding hydrogens is 213 g/mol. The molecular formula is C15H24FN. The van der Waals surface area contributed by atoms with Crippen LogP contribution in [0.15, 0.2) is 12.1 Å². The predicted molar refractivity (Wildman–Crippen MR) is 72.0 cm³/mol. The molecule has 0 saturated heterocycles. The summed E-state index contributed by atoms with van der Waals surface area (Å²) < 4.78 is 13.8. The normalized spacial score (nSPS) is 12.8. The van der Waals surface area contributed by atoms with Gasteiger partial charge in [0.05, 0.1) is 0 Å². The topological polar surface area (TPSA) is 12.0 Å². The molecule has 0 saturated carbocycles. The molecule has 96 valence electrons. The first-order valence-electron chi connectivity index (χ1n) is 6.57. The molecule has 0 aliphatic rings. The lowest BCUT2D eigenvalue weighted by Crippen LogP contribution is -2.28. The number of benzene rings is 1. The molecule has 0 fully saturated rings. The monoisotopic (exact) mass is 237 g/mol. The van der Waals surface area contributed by atoms with E-state index in [2.05, 4.69) is 25.2 Å². The minimum atomic E-state index is -0.0474. The molecule has 0 amide bonds. The molecule has 1 aromatic carbocycles. The van der Waals surface area contributed by atoms with Crippen molar-refractivity contribution < 1.29 is 4.39 Å². The number of nitrogens with one attached hydrogen (secondary N) is 1. The predicted octanol–water partition coefficient (Wildman–Crippen LogP) is 3.76. The summed E-state index contributed by atoms with van der Waals surface area (Å²) in [5.41, 5.74) is 2.96. The number of halogens is 1. The van der Waals surface area contributed by atoms with E-state index >= 15 is 0 Å². The van der Waals surface area contributed by atoms with Gasteiger partial charge in [-0.2, -0.15) is 0 Å². The van der Waals surface area contributed by atoms with E-state index in [-0.39, 0.29) is 5.82 Å². The molecule has 0 spiro atoms. The van der Waals surface area contributed by atoms with Crippen LogP contribution < -0.4 is 5.32 Å². The second kappa shape index (κ2) is 6.75. The lowest BCUT2D eigenvalue weighted by molar-refractivity contribution is 0.475. The van der Waals surface area contributed by atoms with Crippen LogP contribution >= 0.6 is 0 Å². The first kappa shape index (κ1) is 14.2. The summed E-state index contributed by atoms with van der Waals surface area (Å²) in [6.07, 6.45) is 2.93. The smallest absolute Gasteiger partial charge is 0.126 e. The molecule has 1 rings (SSSR count). The largest absolute Gasteiger partial charge is 0.314 e. The second-order valence-corrected chi connectivity index (χ2v) is 4.74. The van der Waals surface area contributed by atoms with Crippen molar-refractivity contribution >= 4 is 0 Å². The molecule has 0 aliphatic heterocycles. The maximum absolute atomic E-state index is 13.8. The summed E-state index contributed by atoms with van der Waals surface area (Å²) in [4.78, 5) is 0. The van der Waals surface area contributed by atoms with Gasteiger partial charge in [-0.15, -0.1) is 0 Å². The van der Waals surface area contributed by atoms with Crippen LogP contribution in [0.25, 0.3) is 0 Å². The van der Waals surface area contributed by atoms with Gasteiger partial charge in [0.15, 0.2) is 0 Å². The third-order valence-electron chi connectivity index (χ3n) is 3.29. The molecule has 0 aliphatic carbocycles. The van der Waals surface area contributed by atoms with Crippen LogP contribution in [-0.2, 0) is 6.42 Å². The molecule has 1 atom stereocenters. The van der Waals surface area contributed by atoms with Crippen LogP contribution in [0.5, 0.6) is 0 Å². The van der Waals surface area contributed by atoms with Gasteiger partial charge in [-0.3, -0.25) is 0 Å². The minimum absolute atomic E-state index is 0.0474. The number of hydrogen-bond acceptors (Lipinski definition) is 1. The lowest BCUT2D eigenvalue weighted by Gasteiger charge is -2.16. The number of hydrogen-bond donors (Lipinski definition) is 1. The van der Waals surface area contributed by atoms with E-state index < -0.39 is 0 Å². The highest BCUT2D eigenvalue weighted by molar-refractivity contribution is 5.32. The molecule has 17 heavy (non-hydrogen) atoms. The van der Waals surface area contributed by atoms with E-state index in [4.69, 9.17) is 0 Å². The summed E-state index contributed by atoms with van der Waals surface area (Å²) in [6.45, 7) is 9.20. The van der Waals surface area contributed by atoms with E-state index in [9.17, 15) is 4.39 Å². The maximum Gasteiger partial charge on any atom is 0.126 e.